The summed E-state index contributed by atoms with van der Waals surface area (Å²) in [5, 5.41) is 8.91. The summed E-state index contributed by atoms with van der Waals surface area (Å²) < 4.78 is 0. The highest BCUT2D eigenvalue weighted by molar-refractivity contribution is 7.12. The number of aromatic nitrogens is 1. The van der Waals surface area contributed by atoms with Crippen LogP contribution in [0.4, 0.5) is 11.4 Å². The van der Waals surface area contributed by atoms with Crippen LogP contribution in [0.25, 0.3) is 10.9 Å². The molecule has 2 amide bonds. The van der Waals surface area contributed by atoms with Crippen LogP contribution in [0.15, 0.2) is 72.2 Å². The maximum atomic E-state index is 13.4. The Hall–Kier alpha value is -3.58. The lowest BCUT2D eigenvalue weighted by atomic mass is 10.0. The van der Waals surface area contributed by atoms with Gasteiger partial charge < -0.3 is 20.5 Å². The molecule has 34 heavy (non-hydrogen) atoms. The van der Waals surface area contributed by atoms with Crippen molar-refractivity contribution in [2.75, 3.05) is 23.3 Å². The third kappa shape index (κ3) is 4.99. The quantitative estimate of drug-likeness (QED) is 0.346. The van der Waals surface area contributed by atoms with Gasteiger partial charge in [0.25, 0.3) is 5.91 Å². The summed E-state index contributed by atoms with van der Waals surface area (Å²) in [7, 11) is 0. The first kappa shape index (κ1) is 22.2. The van der Waals surface area contributed by atoms with Gasteiger partial charge in [0, 0.05) is 48.0 Å². The Bertz CT molecular complexity index is 1270. The van der Waals surface area contributed by atoms with Gasteiger partial charge in [-0.3, -0.25) is 9.59 Å². The highest BCUT2D eigenvalue weighted by Crippen LogP contribution is 2.24. The van der Waals surface area contributed by atoms with Crippen molar-refractivity contribution in [1.82, 2.24) is 10.3 Å². The van der Waals surface area contributed by atoms with Gasteiger partial charge in [-0.2, -0.15) is 0 Å². The molecule has 1 aliphatic heterocycles. The van der Waals surface area contributed by atoms with Crippen molar-refractivity contribution in [3.8, 4) is 0 Å². The number of piperidine rings is 1. The van der Waals surface area contributed by atoms with Crippen LogP contribution in [0.2, 0.25) is 0 Å². The van der Waals surface area contributed by atoms with Crippen molar-refractivity contribution in [2.45, 2.75) is 31.7 Å². The maximum absolute atomic E-state index is 13.4. The molecule has 6 nitrogen and oxygen atoms in total. The minimum Gasteiger partial charge on any atom is -0.371 e. The molecule has 7 heteroatoms. The summed E-state index contributed by atoms with van der Waals surface area (Å²) in [6, 6.07) is 18.8. The molecule has 0 spiro atoms. The highest BCUT2D eigenvalue weighted by atomic mass is 32.1. The molecule has 2 aromatic carbocycles. The van der Waals surface area contributed by atoms with E-state index in [1.54, 1.807) is 6.07 Å². The molecule has 4 aromatic rings. The van der Waals surface area contributed by atoms with Crippen molar-refractivity contribution in [1.29, 1.82) is 0 Å². The molecular formula is C27H28N4O2S. The Morgan fingerprint density at radius 3 is 2.68 bits per heavy atom. The zero-order chi connectivity index (χ0) is 23.3. The molecule has 0 bridgehead atoms. The molecular weight excluding hydrogens is 444 g/mol. The fraction of sp³-hybridized carbons (Fsp3) is 0.259. The molecule has 0 saturated carbocycles. The molecule has 0 radical (unpaired) electrons. The second kappa shape index (κ2) is 10.1. The topological polar surface area (TPSA) is 77.2 Å². The monoisotopic (exact) mass is 472 g/mol. The van der Waals surface area contributed by atoms with E-state index in [9.17, 15) is 9.59 Å². The molecule has 1 unspecified atom stereocenters. The number of anilines is 2. The lowest BCUT2D eigenvalue weighted by Crippen LogP contribution is -2.45. The van der Waals surface area contributed by atoms with Gasteiger partial charge in [-0.1, -0.05) is 30.3 Å². The summed E-state index contributed by atoms with van der Waals surface area (Å²) in [6.45, 7) is 2.08. The molecule has 1 atom stereocenters. The summed E-state index contributed by atoms with van der Waals surface area (Å²) in [6.07, 6.45) is 5.96. The standard InChI is InChI=1S/C27H28N4O2S/c32-26(29-20-8-6-9-21(17-20)31-13-4-1-5-14-31)24(30-27(33)25-12-7-15-34-25)16-19-18-28-23-11-3-2-10-22(19)23/h2-3,6-12,15,17-18,24,28H,1,4-5,13-14,16H2,(H,29,32)(H,30,33). The van der Waals surface area contributed by atoms with E-state index in [0.717, 1.165) is 40.9 Å². The number of para-hydroxylation sites is 1. The largest absolute Gasteiger partial charge is 0.371 e. The lowest BCUT2D eigenvalue weighted by Gasteiger charge is -2.29. The normalized spacial score (nSPS) is 14.6. The van der Waals surface area contributed by atoms with Crippen molar-refractivity contribution in [3.63, 3.8) is 0 Å². The molecule has 1 fully saturated rings. The van der Waals surface area contributed by atoms with Gasteiger partial charge in [0.15, 0.2) is 0 Å². The first-order valence-electron chi connectivity index (χ1n) is 11.7. The number of aromatic amines is 1. The van der Waals surface area contributed by atoms with Crippen LogP contribution >= 0.6 is 11.3 Å². The van der Waals surface area contributed by atoms with E-state index in [-0.39, 0.29) is 11.8 Å². The summed E-state index contributed by atoms with van der Waals surface area (Å²) in [5.41, 5.74) is 3.86. The fourth-order valence-corrected chi connectivity index (χ4v) is 5.16. The van der Waals surface area contributed by atoms with Crippen LogP contribution in [0, 0.1) is 0 Å². The van der Waals surface area contributed by atoms with E-state index < -0.39 is 6.04 Å². The Morgan fingerprint density at radius 2 is 1.85 bits per heavy atom. The van der Waals surface area contributed by atoms with Crippen LogP contribution in [0.5, 0.6) is 0 Å². The molecule has 1 saturated heterocycles. The van der Waals surface area contributed by atoms with Crippen LogP contribution in [0.3, 0.4) is 0 Å². The number of nitrogens with zero attached hydrogens (tertiary/aromatic N) is 1. The molecule has 5 rings (SSSR count). The van der Waals surface area contributed by atoms with E-state index in [1.807, 2.05) is 60.1 Å². The number of nitrogens with one attached hydrogen (secondary N) is 3. The Morgan fingerprint density at radius 1 is 1.00 bits per heavy atom. The third-order valence-electron chi connectivity index (χ3n) is 6.30. The maximum Gasteiger partial charge on any atom is 0.262 e. The number of rotatable bonds is 7. The molecule has 0 aliphatic carbocycles. The van der Waals surface area contributed by atoms with Gasteiger partial charge in [0.2, 0.25) is 5.91 Å². The summed E-state index contributed by atoms with van der Waals surface area (Å²) in [4.78, 5) is 32.5. The summed E-state index contributed by atoms with van der Waals surface area (Å²) in [5.74, 6) is -0.469. The average Bonchev–Trinajstić information content (AvgIpc) is 3.55. The number of H-pyrrole nitrogens is 1. The van der Waals surface area contributed by atoms with Gasteiger partial charge in [-0.25, -0.2) is 0 Å². The third-order valence-corrected chi connectivity index (χ3v) is 7.17. The second-order valence-electron chi connectivity index (χ2n) is 8.65. The number of benzene rings is 2. The van der Waals surface area contributed by atoms with E-state index in [2.05, 4.69) is 26.6 Å². The van der Waals surface area contributed by atoms with Crippen LogP contribution in [-0.2, 0) is 11.2 Å². The van der Waals surface area contributed by atoms with Crippen molar-refractivity contribution in [3.05, 3.63) is 82.7 Å². The van der Waals surface area contributed by atoms with Gasteiger partial charge in [0.1, 0.15) is 6.04 Å². The molecule has 2 aromatic heterocycles. The Kier molecular flexibility index (Phi) is 6.62. The van der Waals surface area contributed by atoms with Crippen molar-refractivity contribution in [2.24, 2.45) is 0 Å². The zero-order valence-corrected chi connectivity index (χ0v) is 19.7. The van der Waals surface area contributed by atoms with Crippen LogP contribution < -0.4 is 15.5 Å². The van der Waals surface area contributed by atoms with E-state index >= 15 is 0 Å². The van der Waals surface area contributed by atoms with E-state index in [4.69, 9.17) is 0 Å². The first-order valence-corrected chi connectivity index (χ1v) is 12.6. The lowest BCUT2D eigenvalue weighted by molar-refractivity contribution is -0.118. The van der Waals surface area contributed by atoms with Crippen LogP contribution in [0.1, 0.15) is 34.5 Å². The number of hydrogen-bond acceptors (Lipinski definition) is 4. The number of amides is 2. The zero-order valence-electron chi connectivity index (χ0n) is 18.9. The molecule has 1 aliphatic rings. The average molecular weight is 473 g/mol. The van der Waals surface area contributed by atoms with Gasteiger partial charge in [-0.05, 0) is 60.5 Å². The van der Waals surface area contributed by atoms with Crippen LogP contribution in [-0.4, -0.2) is 35.9 Å². The molecule has 3 N–H and O–H groups in total. The predicted molar refractivity (Wildman–Crippen MR) is 139 cm³/mol. The summed E-state index contributed by atoms with van der Waals surface area (Å²) >= 11 is 1.36. The molecule has 174 valence electrons. The number of carbonyl (C=O) groups excluding carboxylic acids is 2. The number of carbonyl (C=O) groups is 2. The minimum atomic E-state index is -0.715. The highest BCUT2D eigenvalue weighted by Gasteiger charge is 2.24. The first-order chi connectivity index (χ1) is 16.7. The van der Waals surface area contributed by atoms with E-state index in [1.165, 1.54) is 30.6 Å². The van der Waals surface area contributed by atoms with Gasteiger partial charge in [0.05, 0.1) is 4.88 Å². The molecule has 3 heterocycles. The predicted octanol–water partition coefficient (Wildman–Crippen LogP) is 5.20. The number of fused-ring (bicyclic) bond motifs is 1. The minimum absolute atomic E-state index is 0.231. The number of hydrogen-bond donors (Lipinski definition) is 3. The van der Waals surface area contributed by atoms with Gasteiger partial charge >= 0.3 is 0 Å². The van der Waals surface area contributed by atoms with Gasteiger partial charge in [-0.15, -0.1) is 11.3 Å². The van der Waals surface area contributed by atoms with Crippen molar-refractivity contribution < 1.29 is 9.59 Å². The Labute approximate surface area is 203 Å². The fourth-order valence-electron chi connectivity index (χ4n) is 4.53. The van der Waals surface area contributed by atoms with Crippen molar-refractivity contribution >= 4 is 45.4 Å². The smallest absolute Gasteiger partial charge is 0.262 e. The Balaban J connectivity index is 1.36. The van der Waals surface area contributed by atoms with E-state index in [0.29, 0.717) is 11.3 Å². The number of thiophene rings is 1. The SMILES string of the molecule is O=C(NC(Cc1c[nH]c2ccccc12)C(=O)Nc1cccc(N2CCCCC2)c1)c1cccs1. The second-order valence-corrected chi connectivity index (χ2v) is 9.60.